The number of halogens is 4. The Morgan fingerprint density at radius 1 is 0.964 bits per heavy atom. The number of nitrogens with one attached hydrogen (secondary N) is 1. The molecule has 0 atom stereocenters. The largest absolute Gasteiger partial charge is 0.418 e. The van der Waals surface area contributed by atoms with E-state index in [-0.39, 0.29) is 22.2 Å². The van der Waals surface area contributed by atoms with Crippen LogP contribution in [0.5, 0.6) is 0 Å². The SMILES string of the molecule is Nc1cccc(S(=O)(=O)Nc2ccc(C(F)(F)F)c(-c3ccccc3Cl)n2)n1. The van der Waals surface area contributed by atoms with Crippen molar-refractivity contribution in [3.8, 4) is 11.3 Å². The smallest absolute Gasteiger partial charge is 0.384 e. The first-order valence-corrected chi connectivity index (χ1v) is 9.52. The maximum absolute atomic E-state index is 13.4. The van der Waals surface area contributed by atoms with Gasteiger partial charge in [0.1, 0.15) is 11.6 Å². The van der Waals surface area contributed by atoms with Gasteiger partial charge in [-0.25, -0.2) is 9.97 Å². The van der Waals surface area contributed by atoms with E-state index in [4.69, 9.17) is 17.3 Å². The summed E-state index contributed by atoms with van der Waals surface area (Å²) in [5.41, 5.74) is 3.94. The molecular weight excluding hydrogens is 417 g/mol. The predicted octanol–water partition coefficient (Wildman–Crippen LogP) is 4.20. The second kappa shape index (κ2) is 7.28. The summed E-state index contributed by atoms with van der Waals surface area (Å²) < 4.78 is 67.2. The van der Waals surface area contributed by atoms with E-state index in [1.165, 1.54) is 36.4 Å². The van der Waals surface area contributed by atoms with Gasteiger partial charge >= 0.3 is 6.18 Å². The van der Waals surface area contributed by atoms with Crippen molar-refractivity contribution in [2.45, 2.75) is 11.2 Å². The molecule has 1 aromatic carbocycles. The van der Waals surface area contributed by atoms with Crippen molar-refractivity contribution in [3.63, 3.8) is 0 Å². The number of anilines is 2. The highest BCUT2D eigenvalue weighted by molar-refractivity contribution is 7.92. The summed E-state index contributed by atoms with van der Waals surface area (Å²) in [6, 6.07) is 11.4. The lowest BCUT2D eigenvalue weighted by Gasteiger charge is -2.15. The van der Waals surface area contributed by atoms with E-state index >= 15 is 0 Å². The van der Waals surface area contributed by atoms with Crippen molar-refractivity contribution in [3.05, 3.63) is 65.2 Å². The lowest BCUT2D eigenvalue weighted by Crippen LogP contribution is -2.17. The van der Waals surface area contributed by atoms with E-state index in [2.05, 4.69) is 14.7 Å². The third kappa shape index (κ3) is 4.18. The van der Waals surface area contributed by atoms with Gasteiger partial charge in [-0.1, -0.05) is 35.9 Å². The summed E-state index contributed by atoms with van der Waals surface area (Å²) in [5, 5.41) is -0.355. The van der Waals surface area contributed by atoms with Crippen molar-refractivity contribution in [1.29, 1.82) is 0 Å². The number of nitrogen functional groups attached to an aromatic ring is 1. The molecule has 0 radical (unpaired) electrons. The maximum atomic E-state index is 13.4. The molecule has 6 nitrogen and oxygen atoms in total. The average molecular weight is 429 g/mol. The van der Waals surface area contributed by atoms with Crippen LogP contribution >= 0.6 is 11.6 Å². The second-order valence-corrected chi connectivity index (χ2v) is 7.61. The van der Waals surface area contributed by atoms with Crippen molar-refractivity contribution < 1.29 is 21.6 Å². The number of hydrogen-bond donors (Lipinski definition) is 2. The van der Waals surface area contributed by atoms with E-state index in [1.54, 1.807) is 6.07 Å². The summed E-state index contributed by atoms with van der Waals surface area (Å²) in [4.78, 5) is 7.54. The number of sulfonamides is 1. The molecule has 0 aliphatic carbocycles. The monoisotopic (exact) mass is 428 g/mol. The van der Waals surface area contributed by atoms with Crippen molar-refractivity contribution in [1.82, 2.24) is 9.97 Å². The first kappa shape index (κ1) is 19.9. The molecule has 0 saturated carbocycles. The van der Waals surface area contributed by atoms with Crippen molar-refractivity contribution >= 4 is 33.3 Å². The highest BCUT2D eigenvalue weighted by Gasteiger charge is 2.35. The van der Waals surface area contributed by atoms with Crippen LogP contribution in [0.25, 0.3) is 11.3 Å². The fraction of sp³-hybridized carbons (Fsp3) is 0.0588. The van der Waals surface area contributed by atoms with E-state index in [0.717, 1.165) is 12.1 Å². The van der Waals surface area contributed by atoms with Crippen LogP contribution in [0.4, 0.5) is 24.8 Å². The number of alkyl halides is 3. The number of benzene rings is 1. The topological polar surface area (TPSA) is 98.0 Å². The number of hydrogen-bond acceptors (Lipinski definition) is 5. The molecule has 28 heavy (non-hydrogen) atoms. The molecular formula is C17H12ClF3N4O2S. The number of aromatic nitrogens is 2. The molecule has 0 amide bonds. The van der Waals surface area contributed by atoms with Gasteiger partial charge in [0, 0.05) is 10.6 Å². The zero-order valence-corrected chi connectivity index (χ0v) is 15.5. The van der Waals surface area contributed by atoms with Gasteiger partial charge in [0.15, 0.2) is 5.03 Å². The number of rotatable bonds is 4. The molecule has 0 bridgehead atoms. The third-order valence-electron chi connectivity index (χ3n) is 3.59. The molecule has 146 valence electrons. The van der Waals surface area contributed by atoms with Crippen molar-refractivity contribution in [2.75, 3.05) is 10.5 Å². The Morgan fingerprint density at radius 3 is 2.32 bits per heavy atom. The zero-order chi connectivity index (χ0) is 20.5. The highest BCUT2D eigenvalue weighted by Crippen LogP contribution is 2.39. The highest BCUT2D eigenvalue weighted by atomic mass is 35.5. The lowest BCUT2D eigenvalue weighted by atomic mass is 10.1. The van der Waals surface area contributed by atoms with Gasteiger partial charge in [-0.2, -0.15) is 21.6 Å². The number of nitrogens with zero attached hydrogens (tertiary/aromatic N) is 2. The minimum absolute atomic E-state index is 0.0135. The van der Waals surface area contributed by atoms with Crippen LogP contribution in [0.15, 0.2) is 59.6 Å². The van der Waals surface area contributed by atoms with Crippen LogP contribution < -0.4 is 10.5 Å². The summed E-state index contributed by atoms with van der Waals surface area (Å²) >= 11 is 6.01. The average Bonchev–Trinajstić information content (AvgIpc) is 2.61. The molecule has 2 aromatic heterocycles. The fourth-order valence-electron chi connectivity index (χ4n) is 2.37. The molecule has 0 fully saturated rings. The quantitative estimate of drug-likeness (QED) is 0.649. The Bertz CT molecular complexity index is 1140. The third-order valence-corrected chi connectivity index (χ3v) is 5.17. The molecule has 3 rings (SSSR count). The Morgan fingerprint density at radius 2 is 1.68 bits per heavy atom. The molecule has 3 N–H and O–H groups in total. The zero-order valence-electron chi connectivity index (χ0n) is 13.9. The van der Waals surface area contributed by atoms with Gasteiger partial charge < -0.3 is 5.73 Å². The van der Waals surface area contributed by atoms with E-state index < -0.39 is 32.5 Å². The van der Waals surface area contributed by atoms with Crippen LogP contribution in [-0.2, 0) is 16.2 Å². The molecule has 0 unspecified atom stereocenters. The van der Waals surface area contributed by atoms with E-state index in [0.29, 0.717) is 0 Å². The maximum Gasteiger partial charge on any atom is 0.418 e. The predicted molar refractivity (Wildman–Crippen MR) is 99.1 cm³/mol. The Balaban J connectivity index is 2.09. The number of nitrogens with two attached hydrogens (primary N) is 1. The van der Waals surface area contributed by atoms with Gasteiger partial charge in [0.05, 0.1) is 11.3 Å². The molecule has 0 aliphatic heterocycles. The summed E-state index contributed by atoms with van der Waals surface area (Å²) in [6.45, 7) is 0. The van der Waals surface area contributed by atoms with Crippen LogP contribution in [0, 0.1) is 0 Å². The summed E-state index contributed by atoms with van der Waals surface area (Å²) in [6.07, 6.45) is -4.71. The fourth-order valence-corrected chi connectivity index (χ4v) is 3.58. The van der Waals surface area contributed by atoms with E-state index in [1.807, 2.05) is 0 Å². The minimum atomic E-state index is -4.71. The standard InChI is InChI=1S/C17H12ClF3N4O2S/c18-12-5-2-1-4-10(12)16-11(17(19,20)21)8-9-14(24-16)25-28(26,27)15-7-3-6-13(22)23-15/h1-9H,(H2,22,23)(H,24,25). The number of pyridine rings is 2. The van der Waals surface area contributed by atoms with Crippen LogP contribution in [-0.4, -0.2) is 18.4 Å². The van der Waals surface area contributed by atoms with Crippen LogP contribution in [0.2, 0.25) is 5.02 Å². The first-order valence-electron chi connectivity index (χ1n) is 7.66. The Kier molecular flexibility index (Phi) is 5.18. The van der Waals surface area contributed by atoms with Crippen LogP contribution in [0.1, 0.15) is 5.56 Å². The molecule has 0 saturated heterocycles. The second-order valence-electron chi connectivity index (χ2n) is 5.58. The summed E-state index contributed by atoms with van der Waals surface area (Å²) in [7, 11) is -4.21. The van der Waals surface area contributed by atoms with Gasteiger partial charge in [0.25, 0.3) is 10.0 Å². The summed E-state index contributed by atoms with van der Waals surface area (Å²) in [5.74, 6) is -0.354. The minimum Gasteiger partial charge on any atom is -0.384 e. The van der Waals surface area contributed by atoms with Gasteiger partial charge in [-0.3, -0.25) is 4.72 Å². The molecule has 3 aromatic rings. The molecule has 0 aliphatic rings. The van der Waals surface area contributed by atoms with Gasteiger partial charge in [-0.15, -0.1) is 0 Å². The molecule has 0 spiro atoms. The van der Waals surface area contributed by atoms with E-state index in [9.17, 15) is 21.6 Å². The normalized spacial score (nSPS) is 12.0. The Labute approximate surface area is 163 Å². The molecule has 11 heteroatoms. The molecule has 2 heterocycles. The lowest BCUT2D eigenvalue weighted by molar-refractivity contribution is -0.137. The first-order chi connectivity index (χ1) is 13.1. The van der Waals surface area contributed by atoms with Gasteiger partial charge in [-0.05, 0) is 30.3 Å². The Hall–Kier alpha value is -2.85. The van der Waals surface area contributed by atoms with Crippen molar-refractivity contribution in [2.24, 2.45) is 0 Å². The van der Waals surface area contributed by atoms with Crippen LogP contribution in [0.3, 0.4) is 0 Å². The van der Waals surface area contributed by atoms with Gasteiger partial charge in [0.2, 0.25) is 0 Å².